The topological polar surface area (TPSA) is 37.8 Å². The number of rotatable bonds is 3. The SMILES string of the molecule is CC(C)C1CCCCC1Nc1c(Cl)ccc2nsnc12. The van der Waals surface area contributed by atoms with Crippen LogP contribution in [0.2, 0.25) is 5.02 Å². The standard InChI is InChI=1S/C15H20ClN3S/c1-9(2)10-5-3-4-6-12(10)17-14-11(16)7-8-13-15(14)19-20-18-13/h7-10,12,17H,3-6H2,1-2H3. The predicted molar refractivity (Wildman–Crippen MR) is 86.6 cm³/mol. The fourth-order valence-electron chi connectivity index (χ4n) is 3.29. The molecule has 1 fully saturated rings. The summed E-state index contributed by atoms with van der Waals surface area (Å²) in [5, 5.41) is 4.43. The second kappa shape index (κ2) is 5.86. The average Bonchev–Trinajstić information content (AvgIpc) is 2.91. The Morgan fingerprint density at radius 3 is 2.85 bits per heavy atom. The lowest BCUT2D eigenvalue weighted by molar-refractivity contribution is 0.254. The number of halogens is 1. The summed E-state index contributed by atoms with van der Waals surface area (Å²) in [5.74, 6) is 1.40. The van der Waals surface area contributed by atoms with E-state index in [9.17, 15) is 0 Å². The molecule has 0 saturated heterocycles. The van der Waals surface area contributed by atoms with Gasteiger partial charge in [-0.3, -0.25) is 0 Å². The first kappa shape index (κ1) is 14.1. The molecular weight excluding hydrogens is 290 g/mol. The quantitative estimate of drug-likeness (QED) is 0.869. The molecule has 1 aliphatic carbocycles. The molecule has 2 atom stereocenters. The lowest BCUT2D eigenvalue weighted by Gasteiger charge is -2.35. The summed E-state index contributed by atoms with van der Waals surface area (Å²) in [6.45, 7) is 4.63. The van der Waals surface area contributed by atoms with Gasteiger partial charge in [0.2, 0.25) is 0 Å². The van der Waals surface area contributed by atoms with Crippen molar-refractivity contribution in [2.45, 2.75) is 45.6 Å². The van der Waals surface area contributed by atoms with Crippen LogP contribution in [0.25, 0.3) is 11.0 Å². The molecule has 0 spiro atoms. The largest absolute Gasteiger partial charge is 0.379 e. The van der Waals surface area contributed by atoms with Crippen LogP contribution in [-0.2, 0) is 0 Å². The summed E-state index contributed by atoms with van der Waals surface area (Å²) in [6, 6.07) is 4.35. The Morgan fingerprint density at radius 1 is 1.25 bits per heavy atom. The van der Waals surface area contributed by atoms with Crippen LogP contribution in [0, 0.1) is 11.8 Å². The van der Waals surface area contributed by atoms with Gasteiger partial charge < -0.3 is 5.32 Å². The fourth-order valence-corrected chi connectivity index (χ4v) is 4.04. The second-order valence-corrected chi connectivity index (χ2v) is 6.93. The zero-order valence-electron chi connectivity index (χ0n) is 11.9. The maximum absolute atomic E-state index is 6.38. The average molecular weight is 310 g/mol. The highest BCUT2D eigenvalue weighted by atomic mass is 35.5. The highest BCUT2D eigenvalue weighted by Gasteiger charge is 2.28. The minimum absolute atomic E-state index is 0.494. The van der Waals surface area contributed by atoms with E-state index in [0.717, 1.165) is 21.7 Å². The van der Waals surface area contributed by atoms with Crippen molar-refractivity contribution in [3.63, 3.8) is 0 Å². The zero-order valence-corrected chi connectivity index (χ0v) is 13.5. The van der Waals surface area contributed by atoms with Crippen molar-refractivity contribution in [3.05, 3.63) is 17.2 Å². The van der Waals surface area contributed by atoms with Gasteiger partial charge in [-0.05, 0) is 36.8 Å². The van der Waals surface area contributed by atoms with Crippen molar-refractivity contribution < 1.29 is 0 Å². The molecular formula is C15H20ClN3S. The Balaban J connectivity index is 1.91. The van der Waals surface area contributed by atoms with Crippen LogP contribution >= 0.6 is 23.3 Å². The zero-order chi connectivity index (χ0) is 14.1. The smallest absolute Gasteiger partial charge is 0.129 e. The molecule has 0 radical (unpaired) electrons. The number of nitrogens with zero attached hydrogens (tertiary/aromatic N) is 2. The molecule has 2 aromatic rings. The lowest BCUT2D eigenvalue weighted by Crippen LogP contribution is -2.35. The van der Waals surface area contributed by atoms with Gasteiger partial charge in [-0.15, -0.1) is 0 Å². The number of aromatic nitrogens is 2. The van der Waals surface area contributed by atoms with E-state index >= 15 is 0 Å². The first-order chi connectivity index (χ1) is 9.66. The molecule has 2 unspecified atom stereocenters. The van der Waals surface area contributed by atoms with Gasteiger partial charge in [0.15, 0.2) is 0 Å². The van der Waals surface area contributed by atoms with Crippen molar-refractivity contribution in [1.29, 1.82) is 0 Å². The molecule has 0 amide bonds. The maximum Gasteiger partial charge on any atom is 0.129 e. The van der Waals surface area contributed by atoms with Crippen LogP contribution in [0.15, 0.2) is 12.1 Å². The molecule has 1 aliphatic rings. The summed E-state index contributed by atoms with van der Waals surface area (Å²) in [6.07, 6.45) is 5.16. The molecule has 3 nitrogen and oxygen atoms in total. The summed E-state index contributed by atoms with van der Waals surface area (Å²) in [7, 11) is 0. The Hall–Kier alpha value is -0.870. The van der Waals surface area contributed by atoms with E-state index in [2.05, 4.69) is 27.9 Å². The molecule has 1 heterocycles. The molecule has 1 aromatic carbocycles. The van der Waals surface area contributed by atoms with Crippen LogP contribution in [0.5, 0.6) is 0 Å². The fraction of sp³-hybridized carbons (Fsp3) is 0.600. The van der Waals surface area contributed by atoms with Crippen LogP contribution in [0.3, 0.4) is 0 Å². The Labute approximate surface area is 129 Å². The van der Waals surface area contributed by atoms with Gasteiger partial charge >= 0.3 is 0 Å². The van der Waals surface area contributed by atoms with E-state index in [4.69, 9.17) is 11.6 Å². The molecule has 0 aliphatic heterocycles. The van der Waals surface area contributed by atoms with Gasteiger partial charge in [-0.25, -0.2) is 0 Å². The third kappa shape index (κ3) is 2.63. The third-order valence-electron chi connectivity index (χ3n) is 4.38. The molecule has 1 N–H and O–H groups in total. The van der Waals surface area contributed by atoms with Crippen LogP contribution in [-0.4, -0.2) is 14.8 Å². The number of benzene rings is 1. The molecule has 1 saturated carbocycles. The van der Waals surface area contributed by atoms with E-state index in [1.807, 2.05) is 12.1 Å². The highest BCUT2D eigenvalue weighted by molar-refractivity contribution is 7.00. The third-order valence-corrected chi connectivity index (χ3v) is 5.24. The van der Waals surface area contributed by atoms with Gasteiger partial charge in [-0.1, -0.05) is 38.3 Å². The number of hydrogen-bond donors (Lipinski definition) is 1. The first-order valence-corrected chi connectivity index (χ1v) is 8.45. The van der Waals surface area contributed by atoms with Crippen LogP contribution < -0.4 is 5.32 Å². The van der Waals surface area contributed by atoms with E-state index < -0.39 is 0 Å². The second-order valence-electron chi connectivity index (χ2n) is 6.00. The molecule has 108 valence electrons. The molecule has 20 heavy (non-hydrogen) atoms. The van der Waals surface area contributed by atoms with Gasteiger partial charge in [0.25, 0.3) is 0 Å². The Bertz CT molecular complexity index is 596. The van der Waals surface area contributed by atoms with E-state index in [0.29, 0.717) is 17.9 Å². The summed E-state index contributed by atoms with van der Waals surface area (Å²) >= 11 is 7.63. The van der Waals surface area contributed by atoms with E-state index in [-0.39, 0.29) is 0 Å². The first-order valence-electron chi connectivity index (χ1n) is 7.34. The van der Waals surface area contributed by atoms with Crippen molar-refractivity contribution in [2.75, 3.05) is 5.32 Å². The summed E-state index contributed by atoms with van der Waals surface area (Å²) in [5.41, 5.74) is 2.81. The number of fused-ring (bicyclic) bond motifs is 1. The molecule has 3 rings (SSSR count). The van der Waals surface area contributed by atoms with Crippen LogP contribution in [0.4, 0.5) is 5.69 Å². The van der Waals surface area contributed by atoms with Gasteiger partial charge in [-0.2, -0.15) is 8.75 Å². The van der Waals surface area contributed by atoms with Crippen molar-refractivity contribution in [2.24, 2.45) is 11.8 Å². The maximum atomic E-state index is 6.38. The lowest BCUT2D eigenvalue weighted by atomic mass is 9.78. The molecule has 1 aromatic heterocycles. The molecule has 0 bridgehead atoms. The van der Waals surface area contributed by atoms with Gasteiger partial charge in [0.1, 0.15) is 11.0 Å². The monoisotopic (exact) mass is 309 g/mol. The number of nitrogens with one attached hydrogen (secondary N) is 1. The van der Waals surface area contributed by atoms with Gasteiger partial charge in [0.05, 0.1) is 22.4 Å². The van der Waals surface area contributed by atoms with E-state index in [1.54, 1.807) is 0 Å². The van der Waals surface area contributed by atoms with Crippen molar-refractivity contribution in [1.82, 2.24) is 8.75 Å². The number of anilines is 1. The van der Waals surface area contributed by atoms with E-state index in [1.165, 1.54) is 37.4 Å². The molecule has 5 heteroatoms. The Morgan fingerprint density at radius 2 is 2.05 bits per heavy atom. The van der Waals surface area contributed by atoms with Crippen molar-refractivity contribution in [3.8, 4) is 0 Å². The minimum atomic E-state index is 0.494. The van der Waals surface area contributed by atoms with Gasteiger partial charge in [0, 0.05) is 6.04 Å². The highest BCUT2D eigenvalue weighted by Crippen LogP contribution is 2.36. The number of hydrogen-bond acceptors (Lipinski definition) is 4. The summed E-state index contributed by atoms with van der Waals surface area (Å²) in [4.78, 5) is 0. The normalized spacial score (nSPS) is 23.4. The minimum Gasteiger partial charge on any atom is -0.379 e. The predicted octanol–water partition coefficient (Wildman–Crippen LogP) is 4.97. The van der Waals surface area contributed by atoms with Crippen molar-refractivity contribution >= 4 is 40.0 Å². The summed E-state index contributed by atoms with van der Waals surface area (Å²) < 4.78 is 8.70. The Kier molecular flexibility index (Phi) is 4.13. The van der Waals surface area contributed by atoms with Crippen LogP contribution in [0.1, 0.15) is 39.5 Å².